The Balaban J connectivity index is 1.54. The minimum absolute atomic E-state index is 0.422. The zero-order valence-electron chi connectivity index (χ0n) is 16.6. The molecule has 152 valence electrons. The summed E-state index contributed by atoms with van der Waals surface area (Å²) in [4.78, 5) is 18.2. The van der Waals surface area contributed by atoms with Crippen LogP contribution >= 0.6 is 0 Å². The molecule has 0 bridgehead atoms. The Morgan fingerprint density at radius 2 is 1.93 bits per heavy atom. The van der Waals surface area contributed by atoms with E-state index in [0.29, 0.717) is 42.7 Å². The predicted molar refractivity (Wildman–Crippen MR) is 106 cm³/mol. The number of hydrogen-bond donors (Lipinski definition) is 1. The zero-order valence-corrected chi connectivity index (χ0v) is 16.6. The fraction of sp³-hybridized carbons (Fsp3) is 0.333. The van der Waals surface area contributed by atoms with Gasteiger partial charge in [-0.15, -0.1) is 0 Å². The fourth-order valence-corrected chi connectivity index (χ4v) is 3.25. The first kappa shape index (κ1) is 18.9. The molecule has 2 heterocycles. The number of fused-ring (bicyclic) bond motifs is 1. The third kappa shape index (κ3) is 3.65. The van der Waals surface area contributed by atoms with Crippen LogP contribution in [0.2, 0.25) is 0 Å². The van der Waals surface area contributed by atoms with Crippen molar-refractivity contribution < 1.29 is 23.8 Å². The lowest BCUT2D eigenvalue weighted by Gasteiger charge is -2.30. The predicted octanol–water partition coefficient (Wildman–Crippen LogP) is 3.45. The molecule has 8 nitrogen and oxygen atoms in total. The molecule has 29 heavy (non-hydrogen) atoms. The number of rotatable bonds is 4. The second-order valence-electron chi connectivity index (χ2n) is 7.08. The van der Waals surface area contributed by atoms with Crippen LogP contribution in [0.25, 0.3) is 0 Å². The molecule has 4 rings (SSSR count). The van der Waals surface area contributed by atoms with Gasteiger partial charge < -0.3 is 19.0 Å². The summed E-state index contributed by atoms with van der Waals surface area (Å²) in [7, 11) is 0. The lowest BCUT2D eigenvalue weighted by molar-refractivity contribution is -0.0829. The van der Waals surface area contributed by atoms with E-state index in [-0.39, 0.29) is 0 Å². The first-order valence-corrected chi connectivity index (χ1v) is 9.51. The summed E-state index contributed by atoms with van der Waals surface area (Å²) in [6.45, 7) is 6.53. The normalized spacial score (nSPS) is 16.7. The summed E-state index contributed by atoms with van der Waals surface area (Å²) in [6, 6.07) is 12.9. The summed E-state index contributed by atoms with van der Waals surface area (Å²) in [5.74, 6) is 2.20. The van der Waals surface area contributed by atoms with E-state index in [2.05, 4.69) is 10.6 Å². The van der Waals surface area contributed by atoms with Crippen molar-refractivity contribution in [3.05, 3.63) is 53.6 Å². The van der Waals surface area contributed by atoms with Gasteiger partial charge in [-0.05, 0) is 32.4 Å². The van der Waals surface area contributed by atoms with Gasteiger partial charge >= 0.3 is 6.09 Å². The minimum Gasteiger partial charge on any atom is -0.486 e. The lowest BCUT2D eigenvalue weighted by atomic mass is 10.1. The van der Waals surface area contributed by atoms with E-state index in [1.165, 1.54) is 0 Å². The van der Waals surface area contributed by atoms with E-state index in [9.17, 15) is 4.79 Å². The van der Waals surface area contributed by atoms with E-state index in [4.69, 9.17) is 19.0 Å². The average Bonchev–Trinajstić information content (AvgIpc) is 3.02. The monoisotopic (exact) mass is 397 g/mol. The molecule has 2 aliphatic rings. The topological polar surface area (TPSA) is 81.6 Å². The van der Waals surface area contributed by atoms with Gasteiger partial charge in [0.1, 0.15) is 19.0 Å². The third-order valence-electron chi connectivity index (χ3n) is 4.67. The number of nitrogens with one attached hydrogen (secondary N) is 1. The van der Waals surface area contributed by atoms with Crippen LogP contribution < -0.4 is 19.6 Å². The summed E-state index contributed by atoms with van der Waals surface area (Å²) in [5.41, 5.74) is 3.47. The maximum atomic E-state index is 12.7. The van der Waals surface area contributed by atoms with E-state index in [0.717, 1.165) is 11.1 Å². The van der Waals surface area contributed by atoms with E-state index in [1.807, 2.05) is 37.3 Å². The smallest absolute Gasteiger partial charge is 0.431 e. The quantitative estimate of drug-likeness (QED) is 0.851. The molecule has 0 saturated carbocycles. The zero-order chi connectivity index (χ0) is 20.4. The van der Waals surface area contributed by atoms with Crippen molar-refractivity contribution in [1.29, 1.82) is 0 Å². The number of nitrogens with zero attached hydrogens (tertiary/aromatic N) is 2. The number of carbonyl (C=O) groups excluding carboxylic acids is 1. The molecule has 1 amide bonds. The number of hydrogen-bond acceptors (Lipinski definition) is 7. The number of amides is 1. The molecule has 2 aromatic carbocycles. The average molecular weight is 397 g/mol. The highest BCUT2D eigenvalue weighted by molar-refractivity contribution is 6.00. The SMILES string of the molecule is CCc1c(OC(=O)NN2C(c3ccccc3)=NOC2(C)C)ccc2c1OCCO2. The number of benzene rings is 2. The van der Waals surface area contributed by atoms with Crippen molar-refractivity contribution in [1.82, 2.24) is 10.4 Å². The Morgan fingerprint density at radius 1 is 1.17 bits per heavy atom. The molecule has 2 aliphatic heterocycles. The molecule has 1 N–H and O–H groups in total. The Morgan fingerprint density at radius 3 is 2.69 bits per heavy atom. The first-order chi connectivity index (χ1) is 14.0. The van der Waals surface area contributed by atoms with Gasteiger partial charge in [-0.3, -0.25) is 0 Å². The second kappa shape index (κ2) is 7.54. The van der Waals surface area contributed by atoms with Gasteiger partial charge in [-0.2, -0.15) is 0 Å². The van der Waals surface area contributed by atoms with Crippen LogP contribution in [0.1, 0.15) is 31.9 Å². The largest absolute Gasteiger partial charge is 0.486 e. The molecule has 8 heteroatoms. The first-order valence-electron chi connectivity index (χ1n) is 9.51. The molecule has 0 aromatic heterocycles. The third-order valence-corrected chi connectivity index (χ3v) is 4.67. The van der Waals surface area contributed by atoms with Gasteiger partial charge in [0.15, 0.2) is 17.3 Å². The van der Waals surface area contributed by atoms with Gasteiger partial charge in [0.25, 0.3) is 0 Å². The van der Waals surface area contributed by atoms with Crippen LogP contribution in [0.3, 0.4) is 0 Å². The van der Waals surface area contributed by atoms with Crippen LogP contribution in [0, 0.1) is 0 Å². The Bertz CT molecular complexity index is 943. The molecule has 0 fully saturated rings. The van der Waals surface area contributed by atoms with Crippen LogP contribution in [0.5, 0.6) is 17.2 Å². The van der Waals surface area contributed by atoms with E-state index in [1.54, 1.807) is 31.0 Å². The van der Waals surface area contributed by atoms with Crippen LogP contribution in [-0.2, 0) is 11.3 Å². The van der Waals surface area contributed by atoms with Crippen molar-refractivity contribution in [3.8, 4) is 17.2 Å². The highest BCUT2D eigenvalue weighted by Gasteiger charge is 2.40. The molecule has 0 saturated heterocycles. The minimum atomic E-state index is -0.870. The van der Waals surface area contributed by atoms with Crippen molar-refractivity contribution >= 4 is 11.9 Å². The van der Waals surface area contributed by atoms with Crippen molar-refractivity contribution in [2.45, 2.75) is 32.9 Å². The molecule has 0 aliphatic carbocycles. The molecule has 0 atom stereocenters. The van der Waals surface area contributed by atoms with Crippen LogP contribution in [0.4, 0.5) is 4.79 Å². The molecule has 0 radical (unpaired) electrons. The highest BCUT2D eigenvalue weighted by atomic mass is 16.7. The summed E-state index contributed by atoms with van der Waals surface area (Å²) in [5, 5.41) is 5.68. The van der Waals surface area contributed by atoms with Gasteiger partial charge in [0.05, 0.1) is 0 Å². The van der Waals surface area contributed by atoms with Gasteiger partial charge in [-0.1, -0.05) is 42.4 Å². The maximum Gasteiger partial charge on any atom is 0.431 e. The number of oxime groups is 1. The van der Waals surface area contributed by atoms with Gasteiger partial charge in [-0.25, -0.2) is 15.2 Å². The van der Waals surface area contributed by atoms with Gasteiger partial charge in [0, 0.05) is 11.1 Å². The molecule has 2 aromatic rings. The maximum absolute atomic E-state index is 12.7. The second-order valence-corrected chi connectivity index (χ2v) is 7.08. The molecule has 0 spiro atoms. The van der Waals surface area contributed by atoms with Crippen molar-refractivity contribution in [3.63, 3.8) is 0 Å². The number of ether oxygens (including phenoxy) is 3. The van der Waals surface area contributed by atoms with E-state index >= 15 is 0 Å². The lowest BCUT2D eigenvalue weighted by Crippen LogP contribution is -2.55. The number of carbonyl (C=O) groups is 1. The van der Waals surface area contributed by atoms with Crippen LogP contribution in [-0.4, -0.2) is 35.9 Å². The number of amidine groups is 1. The summed E-state index contributed by atoms with van der Waals surface area (Å²) >= 11 is 0. The summed E-state index contributed by atoms with van der Waals surface area (Å²) in [6.07, 6.45) is -0.0249. The van der Waals surface area contributed by atoms with Gasteiger partial charge in [0.2, 0.25) is 5.72 Å². The van der Waals surface area contributed by atoms with Crippen molar-refractivity contribution in [2.75, 3.05) is 13.2 Å². The Hall–Kier alpha value is -3.42. The van der Waals surface area contributed by atoms with Crippen LogP contribution in [0.15, 0.2) is 47.6 Å². The molecular formula is C21H23N3O5. The molecular weight excluding hydrogens is 374 g/mol. The Kier molecular flexibility index (Phi) is 4.92. The van der Waals surface area contributed by atoms with Crippen molar-refractivity contribution in [2.24, 2.45) is 5.16 Å². The highest BCUT2D eigenvalue weighted by Crippen LogP contribution is 2.39. The Labute approximate surface area is 169 Å². The van der Waals surface area contributed by atoms with E-state index < -0.39 is 11.8 Å². The number of hydrazine groups is 1. The summed E-state index contributed by atoms with van der Waals surface area (Å²) < 4.78 is 16.9. The molecule has 0 unspecified atom stereocenters. The fourth-order valence-electron chi connectivity index (χ4n) is 3.25. The standard InChI is InChI=1S/C21H23N3O5/c1-4-15-16(10-11-17-18(15)27-13-12-26-17)28-20(25)22-24-19(23-29-21(24,2)3)14-8-6-5-7-9-14/h5-11H,4,12-13H2,1-3H3,(H,22,25).